The molecular weight excluding hydrogens is 1450 g/mol. The highest BCUT2D eigenvalue weighted by Gasteiger charge is 2.78. The van der Waals surface area contributed by atoms with E-state index in [2.05, 4.69) is 46.6 Å². The molecule has 20 atom stereocenters. The summed E-state index contributed by atoms with van der Waals surface area (Å²) in [7, 11) is 0. The SMILES string of the molecule is CCCC1CC(C)C2C3CC(CC(O)(C(F)(F)F)C(F)(F)F)C(C3)C12.CCCC1CC(C)C2C3CC(CC(OC(=O)OC(C)(C)C)(C(F)(F)F)C(F)(F)F)C(C3)C12.CCCC1CC(C)CC1CC(O)(C(F)(F)F)C(F)(F)F.CCCC1CC(C)CC1CC(OC(=O)OC(C)(C)C)(C(F)(F)F)C(F)(F)F. The third kappa shape index (κ3) is 20.1. The van der Waals surface area contributed by atoms with Crippen LogP contribution in [0.5, 0.6) is 0 Å². The van der Waals surface area contributed by atoms with Crippen LogP contribution in [0.1, 0.15) is 238 Å². The van der Waals surface area contributed by atoms with E-state index in [1.165, 1.54) is 41.5 Å². The van der Waals surface area contributed by atoms with Crippen LogP contribution in [-0.2, 0) is 18.9 Å². The second kappa shape index (κ2) is 32.6. The Morgan fingerprint density at radius 1 is 0.308 bits per heavy atom. The highest BCUT2D eigenvalue weighted by molar-refractivity contribution is 5.62. The number of carbonyl (C=O) groups is 2. The van der Waals surface area contributed by atoms with Crippen LogP contribution in [0, 0.1) is 118 Å². The molecule has 8 rings (SSSR count). The van der Waals surface area contributed by atoms with Crippen LogP contribution in [-0.4, -0.2) is 106 Å². The average Bonchev–Trinajstić information content (AvgIpc) is 1.53. The molecular formula is C72H108F24O8. The molecule has 32 heteroatoms. The van der Waals surface area contributed by atoms with Crippen molar-refractivity contribution in [1.82, 2.24) is 0 Å². The van der Waals surface area contributed by atoms with E-state index in [-0.39, 0.29) is 65.6 Å². The van der Waals surface area contributed by atoms with Crippen molar-refractivity contribution >= 4 is 12.3 Å². The Labute approximate surface area is 594 Å². The Hall–Kier alpha value is -3.22. The standard InChI is InChI=1S/C23H34F6O3.C18H28F6O3.C18H26F6O.C13H20F6O/c1-6-7-13-8-12(2)17-14-9-15(16(10-14)18(13)17)11-21(22(24,25)26,23(27,28)29)32-19(30)31-20(3,4)5;1-6-7-12-8-11(2)9-13(12)10-16(17(19,20)21,18(22,23)24)27-14(25)26-15(3,4)5;1-3-4-10-5-9(2)14-11-6-12(13(7-11)15(10)14)8-16(25,17(19,20)21)18(22,23)24;1-3-4-9-5-8(2)6-10(9)7-11(20,12(14,15)16)13(17,18)19/h12-18H,6-11H2,1-5H3;11-13H,6-10H2,1-5H3;9-15,25H,3-8H2,1-2H3;8-10,20H,3-7H2,1-2H3. The van der Waals surface area contributed by atoms with Gasteiger partial charge in [-0.2, -0.15) is 105 Å². The Balaban J connectivity index is 0.000000252. The second-order valence-corrected chi connectivity index (χ2v) is 34.2. The lowest BCUT2D eigenvalue weighted by Crippen LogP contribution is -2.61. The molecule has 104 heavy (non-hydrogen) atoms. The Morgan fingerprint density at radius 3 is 0.827 bits per heavy atom. The summed E-state index contributed by atoms with van der Waals surface area (Å²) in [5.74, 6) is -0.389. The van der Waals surface area contributed by atoms with E-state index >= 15 is 0 Å². The van der Waals surface area contributed by atoms with Gasteiger partial charge >= 0.3 is 72.9 Å². The zero-order valence-electron chi connectivity index (χ0n) is 61.5. The fraction of sp³-hybridized carbons (Fsp3) is 0.972. The summed E-state index contributed by atoms with van der Waals surface area (Å²) in [5.41, 5.74) is -20.9. The lowest BCUT2D eigenvalue weighted by molar-refractivity contribution is -0.375. The van der Waals surface area contributed by atoms with Gasteiger partial charge in [0.15, 0.2) is 0 Å². The van der Waals surface area contributed by atoms with Gasteiger partial charge in [-0.05, 0) is 237 Å². The van der Waals surface area contributed by atoms with Gasteiger partial charge in [-0.1, -0.05) is 107 Å². The smallest absolute Gasteiger partial charge is 0.429 e. The Bertz CT molecular complexity index is 2680. The number of fused-ring (bicyclic) bond motifs is 10. The molecule has 8 fully saturated rings. The quantitative estimate of drug-likeness (QED) is 0.103. The summed E-state index contributed by atoms with van der Waals surface area (Å²) in [6.07, 6.45) is -42.9. The molecule has 0 aliphatic heterocycles. The molecule has 8 aliphatic rings. The Kier molecular flexibility index (Phi) is 28.7. The summed E-state index contributed by atoms with van der Waals surface area (Å²) in [4.78, 5) is 23.8. The fourth-order valence-electron chi connectivity index (χ4n) is 20.8. The lowest BCUT2D eigenvalue weighted by Gasteiger charge is -2.42. The molecule has 8 aliphatic carbocycles. The van der Waals surface area contributed by atoms with Crippen LogP contribution in [0.2, 0.25) is 0 Å². The monoisotopic (exact) mass is 1560 g/mol. The number of hydrogen-bond donors (Lipinski definition) is 2. The maximum atomic E-state index is 14.0. The number of hydrogen-bond acceptors (Lipinski definition) is 8. The molecule has 0 amide bonds. The zero-order chi connectivity index (χ0) is 80.1. The molecule has 2 N–H and O–H groups in total. The first-order chi connectivity index (χ1) is 46.9. The third-order valence-electron chi connectivity index (χ3n) is 24.3. The van der Waals surface area contributed by atoms with Crippen LogP contribution in [0.25, 0.3) is 0 Å². The van der Waals surface area contributed by atoms with E-state index in [9.17, 15) is 125 Å². The first-order valence-electron chi connectivity index (χ1n) is 36.7. The molecule has 8 saturated carbocycles. The van der Waals surface area contributed by atoms with Gasteiger partial charge in [-0.3, -0.25) is 0 Å². The molecule has 0 radical (unpaired) electrons. The van der Waals surface area contributed by atoms with Crippen molar-refractivity contribution in [3.05, 3.63) is 0 Å². The number of rotatable bonds is 18. The van der Waals surface area contributed by atoms with Gasteiger partial charge in [-0.15, -0.1) is 0 Å². The number of ether oxygens (including phenoxy) is 4. The van der Waals surface area contributed by atoms with Gasteiger partial charge in [0.05, 0.1) is 0 Å². The lowest BCUT2D eigenvalue weighted by atomic mass is 9.68. The predicted octanol–water partition coefficient (Wildman–Crippen LogP) is 24.5. The molecule has 0 aromatic heterocycles. The molecule has 4 bridgehead atoms. The van der Waals surface area contributed by atoms with Crippen molar-refractivity contribution in [3.8, 4) is 0 Å². The summed E-state index contributed by atoms with van der Waals surface area (Å²) < 4.78 is 338. The van der Waals surface area contributed by atoms with Crippen LogP contribution in [0.3, 0.4) is 0 Å². The topological polar surface area (TPSA) is 112 Å². The highest BCUT2D eigenvalue weighted by atomic mass is 19.4. The number of halogens is 24. The van der Waals surface area contributed by atoms with Crippen molar-refractivity contribution in [3.63, 3.8) is 0 Å². The molecule has 612 valence electrons. The molecule has 0 aromatic carbocycles. The summed E-state index contributed by atoms with van der Waals surface area (Å²) in [5, 5.41) is 18.9. The number of carbonyl (C=O) groups excluding carboxylic acids is 2. The predicted molar refractivity (Wildman–Crippen MR) is 335 cm³/mol. The fourth-order valence-corrected chi connectivity index (χ4v) is 20.8. The van der Waals surface area contributed by atoms with Crippen LogP contribution < -0.4 is 0 Å². The largest absolute Gasteiger partial charge is 0.510 e. The van der Waals surface area contributed by atoms with Crippen molar-refractivity contribution in [2.45, 2.75) is 321 Å². The molecule has 8 nitrogen and oxygen atoms in total. The first kappa shape index (κ1) is 91.4. The van der Waals surface area contributed by atoms with Crippen molar-refractivity contribution in [2.24, 2.45) is 118 Å². The second-order valence-electron chi connectivity index (χ2n) is 34.2. The van der Waals surface area contributed by atoms with E-state index in [4.69, 9.17) is 0 Å². The minimum absolute atomic E-state index is 0.0206. The minimum Gasteiger partial charge on any atom is -0.429 e. The average molecular weight is 1560 g/mol. The van der Waals surface area contributed by atoms with Gasteiger partial charge in [0.25, 0.3) is 11.2 Å². The Morgan fingerprint density at radius 2 is 0.558 bits per heavy atom. The summed E-state index contributed by atoms with van der Waals surface area (Å²) in [6.45, 7) is 23.8. The maximum Gasteiger partial charge on any atom is 0.510 e. The third-order valence-corrected chi connectivity index (χ3v) is 24.3. The van der Waals surface area contributed by atoms with E-state index in [1.807, 2.05) is 20.8 Å². The van der Waals surface area contributed by atoms with Crippen molar-refractivity contribution in [2.75, 3.05) is 0 Å². The van der Waals surface area contributed by atoms with Crippen molar-refractivity contribution < 1.29 is 144 Å². The van der Waals surface area contributed by atoms with Crippen LogP contribution >= 0.6 is 0 Å². The van der Waals surface area contributed by atoms with Crippen molar-refractivity contribution in [1.29, 1.82) is 0 Å². The molecule has 20 unspecified atom stereocenters. The molecule has 0 aromatic rings. The molecule has 0 heterocycles. The number of aliphatic hydroxyl groups is 2. The molecule has 0 saturated heterocycles. The zero-order valence-corrected chi connectivity index (χ0v) is 61.5. The van der Waals surface area contributed by atoms with Crippen LogP contribution in [0.4, 0.5) is 115 Å². The highest BCUT2D eigenvalue weighted by Crippen LogP contribution is 2.69. The van der Waals surface area contributed by atoms with Gasteiger partial charge in [0, 0.05) is 12.8 Å². The summed E-state index contributed by atoms with van der Waals surface area (Å²) in [6, 6.07) is 0. The van der Waals surface area contributed by atoms with Gasteiger partial charge in [-0.25, -0.2) is 9.59 Å². The van der Waals surface area contributed by atoms with Crippen LogP contribution in [0.15, 0.2) is 0 Å². The van der Waals surface area contributed by atoms with E-state index < -0.39 is 145 Å². The van der Waals surface area contributed by atoms with Gasteiger partial charge in [0.2, 0.25) is 0 Å². The molecule has 0 spiro atoms. The van der Waals surface area contributed by atoms with Gasteiger partial charge < -0.3 is 29.2 Å². The minimum atomic E-state index is -5.81. The van der Waals surface area contributed by atoms with E-state index in [1.54, 1.807) is 6.92 Å². The normalized spacial score (nSPS) is 32.8. The van der Waals surface area contributed by atoms with E-state index in [0.29, 0.717) is 99.7 Å². The van der Waals surface area contributed by atoms with E-state index in [0.717, 1.165) is 44.9 Å². The van der Waals surface area contributed by atoms with Gasteiger partial charge in [0.1, 0.15) is 11.2 Å². The summed E-state index contributed by atoms with van der Waals surface area (Å²) >= 11 is 0. The number of alkyl halides is 24. The first-order valence-corrected chi connectivity index (χ1v) is 36.7. The maximum absolute atomic E-state index is 14.0.